The van der Waals surface area contributed by atoms with Gasteiger partial charge in [-0.05, 0) is 42.5 Å². The molecule has 0 aliphatic carbocycles. The van der Waals surface area contributed by atoms with Gasteiger partial charge in [0, 0.05) is 6.42 Å². The minimum atomic E-state index is -0.164. The van der Waals surface area contributed by atoms with Gasteiger partial charge >= 0.3 is 5.97 Å². The Morgan fingerprint density at radius 1 is 1.22 bits per heavy atom. The summed E-state index contributed by atoms with van der Waals surface area (Å²) in [7, 11) is 1.42. The van der Waals surface area contributed by atoms with Gasteiger partial charge in [-0.15, -0.1) is 0 Å². The van der Waals surface area contributed by atoms with Crippen molar-refractivity contribution in [1.29, 1.82) is 0 Å². The molecule has 0 aromatic heterocycles. The van der Waals surface area contributed by atoms with Gasteiger partial charge in [0.25, 0.3) is 0 Å². The van der Waals surface area contributed by atoms with E-state index in [1.165, 1.54) is 18.2 Å². The van der Waals surface area contributed by atoms with Crippen LogP contribution in [0.4, 0.5) is 0 Å². The second-order valence-electron chi connectivity index (χ2n) is 4.21. The zero-order valence-corrected chi connectivity index (χ0v) is 11.5. The third-order valence-corrected chi connectivity index (χ3v) is 2.86. The van der Waals surface area contributed by atoms with Crippen molar-refractivity contribution in [2.45, 2.75) is 39.5 Å². The van der Waals surface area contributed by atoms with Gasteiger partial charge < -0.3 is 9.47 Å². The number of aryl methyl sites for hydroxylation is 2. The Morgan fingerprint density at radius 3 is 2.61 bits per heavy atom. The number of carbonyl (C=O) groups is 1. The maximum atomic E-state index is 11.1. The van der Waals surface area contributed by atoms with Crippen molar-refractivity contribution in [3.63, 3.8) is 0 Å². The topological polar surface area (TPSA) is 35.5 Å². The normalized spacial score (nSPS) is 10.2. The summed E-state index contributed by atoms with van der Waals surface area (Å²) in [6.07, 6.45) is 3.11. The second kappa shape index (κ2) is 7.75. The summed E-state index contributed by atoms with van der Waals surface area (Å²) in [5.41, 5.74) is 2.44. The highest BCUT2D eigenvalue weighted by atomic mass is 16.5. The SMILES string of the molecule is CCCOc1ccc(CCC(=O)OC)c(CC)c1. The summed E-state index contributed by atoms with van der Waals surface area (Å²) in [6.45, 7) is 4.94. The molecule has 0 bridgehead atoms. The van der Waals surface area contributed by atoms with Crippen LogP contribution in [-0.4, -0.2) is 19.7 Å². The Bertz CT molecular complexity index is 385. The van der Waals surface area contributed by atoms with Crippen molar-refractivity contribution >= 4 is 5.97 Å². The average molecular weight is 250 g/mol. The summed E-state index contributed by atoms with van der Waals surface area (Å²) in [4.78, 5) is 11.1. The third kappa shape index (κ3) is 4.40. The summed E-state index contributed by atoms with van der Waals surface area (Å²) in [6, 6.07) is 6.09. The predicted octanol–water partition coefficient (Wildman–Crippen LogP) is 3.14. The lowest BCUT2D eigenvalue weighted by atomic mass is 10.0. The first-order chi connectivity index (χ1) is 8.71. The van der Waals surface area contributed by atoms with Gasteiger partial charge in [0.15, 0.2) is 0 Å². The van der Waals surface area contributed by atoms with Gasteiger partial charge in [-0.3, -0.25) is 4.79 Å². The van der Waals surface area contributed by atoms with Crippen LogP contribution in [0.5, 0.6) is 5.75 Å². The Hall–Kier alpha value is -1.51. The van der Waals surface area contributed by atoms with Crippen LogP contribution in [0, 0.1) is 0 Å². The number of benzene rings is 1. The van der Waals surface area contributed by atoms with Crippen LogP contribution in [0.15, 0.2) is 18.2 Å². The van der Waals surface area contributed by atoms with E-state index in [2.05, 4.69) is 24.7 Å². The predicted molar refractivity (Wildman–Crippen MR) is 71.9 cm³/mol. The quantitative estimate of drug-likeness (QED) is 0.697. The highest BCUT2D eigenvalue weighted by Gasteiger charge is 2.06. The van der Waals surface area contributed by atoms with Crippen LogP contribution in [0.2, 0.25) is 0 Å². The minimum absolute atomic E-state index is 0.164. The summed E-state index contributed by atoms with van der Waals surface area (Å²) >= 11 is 0. The molecule has 100 valence electrons. The molecule has 1 rings (SSSR count). The van der Waals surface area contributed by atoms with Crippen molar-refractivity contribution in [3.05, 3.63) is 29.3 Å². The number of ether oxygens (including phenoxy) is 2. The van der Waals surface area contributed by atoms with Gasteiger partial charge in [-0.1, -0.05) is 19.9 Å². The maximum absolute atomic E-state index is 11.1. The van der Waals surface area contributed by atoms with Crippen LogP contribution in [0.1, 0.15) is 37.8 Å². The van der Waals surface area contributed by atoms with Crippen molar-refractivity contribution in [2.24, 2.45) is 0 Å². The first-order valence-electron chi connectivity index (χ1n) is 6.52. The molecule has 0 N–H and O–H groups in total. The van der Waals surface area contributed by atoms with Crippen LogP contribution in [0.3, 0.4) is 0 Å². The monoisotopic (exact) mass is 250 g/mol. The Balaban J connectivity index is 2.70. The van der Waals surface area contributed by atoms with E-state index in [9.17, 15) is 4.79 Å². The molecule has 0 amide bonds. The van der Waals surface area contributed by atoms with Gasteiger partial charge in [-0.2, -0.15) is 0 Å². The van der Waals surface area contributed by atoms with E-state index in [1.807, 2.05) is 12.1 Å². The third-order valence-electron chi connectivity index (χ3n) is 2.86. The summed E-state index contributed by atoms with van der Waals surface area (Å²) < 4.78 is 10.3. The number of methoxy groups -OCH3 is 1. The fraction of sp³-hybridized carbons (Fsp3) is 0.533. The van der Waals surface area contributed by atoms with E-state index in [-0.39, 0.29) is 5.97 Å². The molecular weight excluding hydrogens is 228 g/mol. The fourth-order valence-electron chi connectivity index (χ4n) is 1.82. The van der Waals surface area contributed by atoms with Crippen LogP contribution in [-0.2, 0) is 22.4 Å². The molecule has 0 aliphatic rings. The molecule has 0 aliphatic heterocycles. The average Bonchev–Trinajstić information content (AvgIpc) is 2.42. The number of hydrogen-bond donors (Lipinski definition) is 0. The summed E-state index contributed by atoms with van der Waals surface area (Å²) in [5, 5.41) is 0. The molecule has 1 aromatic rings. The molecule has 1 aromatic carbocycles. The van der Waals surface area contributed by atoms with Crippen molar-refractivity contribution in [1.82, 2.24) is 0 Å². The highest BCUT2D eigenvalue weighted by Crippen LogP contribution is 2.20. The zero-order valence-electron chi connectivity index (χ0n) is 11.5. The van der Waals surface area contributed by atoms with E-state index in [0.29, 0.717) is 6.42 Å². The molecule has 0 unspecified atom stereocenters. The van der Waals surface area contributed by atoms with Crippen LogP contribution < -0.4 is 4.74 Å². The Kier molecular flexibility index (Phi) is 6.26. The molecule has 3 heteroatoms. The number of esters is 1. The molecule has 0 atom stereocenters. The minimum Gasteiger partial charge on any atom is -0.494 e. The maximum Gasteiger partial charge on any atom is 0.305 e. The Morgan fingerprint density at radius 2 is 2.00 bits per heavy atom. The first kappa shape index (κ1) is 14.6. The zero-order chi connectivity index (χ0) is 13.4. The smallest absolute Gasteiger partial charge is 0.305 e. The molecule has 0 fully saturated rings. The van der Waals surface area contributed by atoms with Gasteiger partial charge in [0.2, 0.25) is 0 Å². The lowest BCUT2D eigenvalue weighted by Crippen LogP contribution is -2.04. The Labute approximate surface area is 109 Å². The fourth-order valence-corrected chi connectivity index (χ4v) is 1.82. The van der Waals surface area contributed by atoms with Crippen LogP contribution >= 0.6 is 0 Å². The summed E-state index contributed by atoms with van der Waals surface area (Å²) in [5.74, 6) is 0.749. The van der Waals surface area contributed by atoms with Crippen molar-refractivity contribution in [2.75, 3.05) is 13.7 Å². The molecular formula is C15H22O3. The van der Waals surface area contributed by atoms with Gasteiger partial charge in [0.05, 0.1) is 13.7 Å². The van der Waals surface area contributed by atoms with Crippen molar-refractivity contribution < 1.29 is 14.3 Å². The highest BCUT2D eigenvalue weighted by molar-refractivity contribution is 5.69. The first-order valence-corrected chi connectivity index (χ1v) is 6.52. The van der Waals surface area contributed by atoms with E-state index < -0.39 is 0 Å². The molecule has 0 saturated heterocycles. The molecule has 18 heavy (non-hydrogen) atoms. The van der Waals surface area contributed by atoms with Crippen molar-refractivity contribution in [3.8, 4) is 5.75 Å². The van der Waals surface area contributed by atoms with Crippen LogP contribution in [0.25, 0.3) is 0 Å². The molecule has 0 spiro atoms. The largest absolute Gasteiger partial charge is 0.494 e. The van der Waals surface area contributed by atoms with Gasteiger partial charge in [-0.25, -0.2) is 0 Å². The second-order valence-corrected chi connectivity index (χ2v) is 4.21. The standard InChI is InChI=1S/C15H22O3/c1-4-10-18-14-8-6-13(12(5-2)11-14)7-9-15(16)17-3/h6,8,11H,4-5,7,9-10H2,1-3H3. The lowest BCUT2D eigenvalue weighted by Gasteiger charge is -2.11. The number of rotatable bonds is 7. The van der Waals surface area contributed by atoms with E-state index >= 15 is 0 Å². The number of carbonyl (C=O) groups excluding carboxylic acids is 1. The van der Waals surface area contributed by atoms with E-state index in [1.54, 1.807) is 0 Å². The molecule has 0 heterocycles. The molecule has 0 radical (unpaired) electrons. The van der Waals surface area contributed by atoms with Gasteiger partial charge in [0.1, 0.15) is 5.75 Å². The number of hydrogen-bond acceptors (Lipinski definition) is 3. The van der Waals surface area contributed by atoms with E-state index in [4.69, 9.17) is 4.74 Å². The lowest BCUT2D eigenvalue weighted by molar-refractivity contribution is -0.140. The molecule has 3 nitrogen and oxygen atoms in total. The van der Waals surface area contributed by atoms with E-state index in [0.717, 1.165) is 31.6 Å². The molecule has 0 saturated carbocycles.